The van der Waals surface area contributed by atoms with Gasteiger partial charge in [0.05, 0.1) is 17.6 Å². The molecule has 0 amide bonds. The van der Waals surface area contributed by atoms with Crippen molar-refractivity contribution in [1.29, 1.82) is 0 Å². The first-order valence-electron chi connectivity index (χ1n) is 7.31. The lowest BCUT2D eigenvalue weighted by atomic mass is 10.2. The molecule has 0 aliphatic carbocycles. The second kappa shape index (κ2) is 8.48. The predicted octanol–water partition coefficient (Wildman–Crippen LogP) is 2.95. The molecule has 0 saturated carbocycles. The number of esters is 1. The predicted molar refractivity (Wildman–Crippen MR) is 95.7 cm³/mol. The molecule has 0 N–H and O–H groups in total. The van der Waals surface area contributed by atoms with Gasteiger partial charge in [-0.25, -0.2) is 13.2 Å². The molecule has 8 heteroatoms. The molecule has 0 radical (unpaired) electrons. The van der Waals surface area contributed by atoms with Gasteiger partial charge < -0.3 is 4.74 Å². The van der Waals surface area contributed by atoms with Crippen molar-refractivity contribution in [3.05, 3.63) is 59.7 Å². The summed E-state index contributed by atoms with van der Waals surface area (Å²) in [6, 6.07) is 13.2. The zero-order chi connectivity index (χ0) is 18.4. The minimum absolute atomic E-state index is 0.0288. The van der Waals surface area contributed by atoms with E-state index in [1.165, 1.54) is 38.4 Å². The third-order valence-corrected chi connectivity index (χ3v) is 5.95. The van der Waals surface area contributed by atoms with Crippen LogP contribution in [-0.2, 0) is 26.2 Å². The van der Waals surface area contributed by atoms with Gasteiger partial charge in [-0.3, -0.25) is 4.84 Å². The van der Waals surface area contributed by atoms with Crippen molar-refractivity contribution in [2.24, 2.45) is 0 Å². The number of benzene rings is 2. The molecule has 0 saturated heterocycles. The Bertz CT molecular complexity index is 817. The van der Waals surface area contributed by atoms with E-state index in [1.54, 1.807) is 11.8 Å². The normalized spacial score (nSPS) is 11.5. The van der Waals surface area contributed by atoms with Crippen molar-refractivity contribution in [2.45, 2.75) is 16.4 Å². The Morgan fingerprint density at radius 3 is 2.20 bits per heavy atom. The number of nitrogens with zero attached hydrogens (tertiary/aromatic N) is 1. The van der Waals surface area contributed by atoms with E-state index in [0.717, 1.165) is 14.9 Å². The van der Waals surface area contributed by atoms with Crippen LogP contribution in [-0.4, -0.2) is 39.3 Å². The summed E-state index contributed by atoms with van der Waals surface area (Å²) in [6.07, 6.45) is 1.99. The highest BCUT2D eigenvalue weighted by Crippen LogP contribution is 2.17. The van der Waals surface area contributed by atoms with Gasteiger partial charge in [0, 0.05) is 11.9 Å². The maximum Gasteiger partial charge on any atom is 0.338 e. The molecular weight excluding hydrogens is 362 g/mol. The molecule has 0 aliphatic rings. The first-order valence-corrected chi connectivity index (χ1v) is 9.98. The van der Waals surface area contributed by atoms with Crippen LogP contribution < -0.4 is 0 Å². The molecule has 2 aromatic rings. The van der Waals surface area contributed by atoms with E-state index in [0.29, 0.717) is 0 Å². The highest BCUT2D eigenvalue weighted by atomic mass is 32.2. The summed E-state index contributed by atoms with van der Waals surface area (Å²) in [7, 11) is -1.19. The van der Waals surface area contributed by atoms with E-state index < -0.39 is 16.0 Å². The molecule has 0 heterocycles. The van der Waals surface area contributed by atoms with Crippen LogP contribution in [0.15, 0.2) is 58.3 Å². The second-order valence-corrected chi connectivity index (χ2v) is 7.86. The van der Waals surface area contributed by atoms with Gasteiger partial charge in [-0.2, -0.15) is 0 Å². The van der Waals surface area contributed by atoms with Gasteiger partial charge in [-0.1, -0.05) is 16.6 Å². The number of hydrogen-bond acceptors (Lipinski definition) is 6. The van der Waals surface area contributed by atoms with E-state index in [9.17, 15) is 13.2 Å². The largest absolute Gasteiger partial charge is 0.457 e. The van der Waals surface area contributed by atoms with E-state index in [-0.39, 0.29) is 17.1 Å². The fourth-order valence-electron chi connectivity index (χ4n) is 1.96. The first-order chi connectivity index (χ1) is 11.9. The van der Waals surface area contributed by atoms with E-state index >= 15 is 0 Å². The Morgan fingerprint density at radius 2 is 1.68 bits per heavy atom. The van der Waals surface area contributed by atoms with Gasteiger partial charge in [0.15, 0.2) is 0 Å². The molecule has 2 rings (SSSR count). The SMILES string of the molecule is CON(C)S(=O)(=O)c1ccc(C(=O)OCc2ccc(SC)cc2)cc1. The van der Waals surface area contributed by atoms with Gasteiger partial charge in [-0.15, -0.1) is 11.8 Å². The minimum atomic E-state index is -3.74. The van der Waals surface area contributed by atoms with Crippen molar-refractivity contribution in [1.82, 2.24) is 4.47 Å². The molecule has 0 spiro atoms. The Labute approximate surface area is 151 Å². The lowest BCUT2D eigenvalue weighted by molar-refractivity contribution is -0.0258. The maximum absolute atomic E-state index is 12.1. The van der Waals surface area contributed by atoms with Crippen LogP contribution in [0.25, 0.3) is 0 Å². The van der Waals surface area contributed by atoms with Crippen LogP contribution in [0, 0.1) is 0 Å². The minimum Gasteiger partial charge on any atom is -0.457 e. The molecule has 6 nitrogen and oxygen atoms in total. The number of hydrogen-bond donors (Lipinski definition) is 0. The highest BCUT2D eigenvalue weighted by Gasteiger charge is 2.21. The Kier molecular flexibility index (Phi) is 6.60. The molecule has 0 unspecified atom stereocenters. The fourth-order valence-corrected chi connectivity index (χ4v) is 3.34. The third-order valence-electron chi connectivity index (χ3n) is 3.51. The summed E-state index contributed by atoms with van der Waals surface area (Å²) in [4.78, 5) is 17.9. The molecular formula is C17H19NO5S2. The van der Waals surface area contributed by atoms with E-state index in [4.69, 9.17) is 9.57 Å². The third kappa shape index (κ3) is 4.82. The van der Waals surface area contributed by atoms with E-state index in [1.807, 2.05) is 30.5 Å². The Hall–Kier alpha value is -1.87. The lowest BCUT2D eigenvalue weighted by Gasteiger charge is -2.14. The quantitative estimate of drug-likeness (QED) is 0.417. The molecule has 2 aromatic carbocycles. The van der Waals surface area contributed by atoms with Crippen molar-refractivity contribution in [2.75, 3.05) is 20.4 Å². The summed E-state index contributed by atoms with van der Waals surface area (Å²) < 4.78 is 30.2. The number of carbonyl (C=O) groups is 1. The van der Waals surface area contributed by atoms with Crippen LogP contribution >= 0.6 is 11.8 Å². The molecule has 0 fully saturated rings. The van der Waals surface area contributed by atoms with Crippen LogP contribution in [0.3, 0.4) is 0 Å². The number of ether oxygens (including phenoxy) is 1. The molecule has 0 aromatic heterocycles. The number of sulfonamides is 1. The van der Waals surface area contributed by atoms with Crippen LogP contribution in [0.5, 0.6) is 0 Å². The summed E-state index contributed by atoms with van der Waals surface area (Å²) in [5, 5.41) is 0. The summed E-state index contributed by atoms with van der Waals surface area (Å²) >= 11 is 1.64. The van der Waals surface area contributed by atoms with Crippen LogP contribution in [0.1, 0.15) is 15.9 Å². The highest BCUT2D eigenvalue weighted by molar-refractivity contribution is 7.98. The average Bonchev–Trinajstić information content (AvgIpc) is 2.65. The van der Waals surface area contributed by atoms with Gasteiger partial charge in [0.1, 0.15) is 6.61 Å². The molecule has 134 valence electrons. The van der Waals surface area contributed by atoms with Crippen LogP contribution in [0.4, 0.5) is 0 Å². The van der Waals surface area contributed by atoms with Crippen molar-refractivity contribution < 1.29 is 22.8 Å². The molecule has 25 heavy (non-hydrogen) atoms. The standard InChI is InChI=1S/C17H19NO5S2/c1-18(22-2)25(20,21)16-10-6-14(7-11-16)17(19)23-12-13-4-8-15(24-3)9-5-13/h4-11H,12H2,1-3H3. The van der Waals surface area contributed by atoms with Crippen LogP contribution in [0.2, 0.25) is 0 Å². The number of carbonyl (C=O) groups excluding carboxylic acids is 1. The summed E-state index contributed by atoms with van der Waals surface area (Å²) in [5.74, 6) is -0.516. The topological polar surface area (TPSA) is 72.9 Å². The van der Waals surface area contributed by atoms with Gasteiger partial charge in [0.25, 0.3) is 10.0 Å². The summed E-state index contributed by atoms with van der Waals surface area (Å²) in [5.41, 5.74) is 1.16. The monoisotopic (exact) mass is 381 g/mol. The van der Waals surface area contributed by atoms with E-state index in [2.05, 4.69) is 0 Å². The number of thioether (sulfide) groups is 1. The van der Waals surface area contributed by atoms with Gasteiger partial charge in [-0.05, 0) is 48.2 Å². The van der Waals surface area contributed by atoms with Crippen molar-refractivity contribution in [3.63, 3.8) is 0 Å². The number of hydroxylamine groups is 1. The van der Waals surface area contributed by atoms with Gasteiger partial charge >= 0.3 is 5.97 Å². The zero-order valence-corrected chi connectivity index (χ0v) is 15.8. The van der Waals surface area contributed by atoms with Crippen molar-refractivity contribution >= 4 is 27.8 Å². The second-order valence-electron chi connectivity index (χ2n) is 5.05. The molecule has 0 atom stereocenters. The number of rotatable bonds is 7. The molecule has 0 bridgehead atoms. The molecule has 0 aliphatic heterocycles. The van der Waals surface area contributed by atoms with Gasteiger partial charge in [0.2, 0.25) is 0 Å². The summed E-state index contributed by atoms with van der Waals surface area (Å²) in [6.45, 7) is 0.153. The Balaban J connectivity index is 2.02. The Morgan fingerprint density at radius 1 is 1.08 bits per heavy atom. The smallest absolute Gasteiger partial charge is 0.338 e. The zero-order valence-electron chi connectivity index (χ0n) is 14.1. The fraction of sp³-hybridized carbons (Fsp3) is 0.235. The average molecular weight is 381 g/mol. The lowest BCUT2D eigenvalue weighted by Crippen LogP contribution is -2.25. The first kappa shape index (κ1) is 19.5. The van der Waals surface area contributed by atoms with Crippen molar-refractivity contribution in [3.8, 4) is 0 Å². The maximum atomic E-state index is 12.1.